The summed E-state index contributed by atoms with van der Waals surface area (Å²) >= 11 is 0. The molecule has 8 nitrogen and oxygen atoms in total. The van der Waals surface area contributed by atoms with Gasteiger partial charge in [0.1, 0.15) is 0 Å². The molecule has 4 aromatic rings. The second kappa shape index (κ2) is 8.44. The van der Waals surface area contributed by atoms with Crippen molar-refractivity contribution in [3.8, 4) is 11.3 Å². The molecule has 2 aliphatic rings. The highest BCUT2D eigenvalue weighted by Crippen LogP contribution is 2.27. The van der Waals surface area contributed by atoms with Crippen molar-refractivity contribution in [1.82, 2.24) is 29.5 Å². The van der Waals surface area contributed by atoms with Gasteiger partial charge in [-0.1, -0.05) is 0 Å². The standard InChI is InChI=1S/C24H27N7O/c1-2-22-21(25-10-1)8-7-20(28-22)19-9-11-31-23(19)16-26-24(29-31)27-17-3-5-18(6-4-17)30-12-14-32-15-13-30/h1-2,7-11,16-18H,3-6,12-15H2,(H,27,29). The van der Waals surface area contributed by atoms with Gasteiger partial charge in [0.25, 0.3) is 0 Å². The molecule has 0 aromatic carbocycles. The summed E-state index contributed by atoms with van der Waals surface area (Å²) in [5, 5.41) is 8.27. The van der Waals surface area contributed by atoms with Gasteiger partial charge in [0.05, 0.1) is 41.7 Å². The normalized spacial score (nSPS) is 22.4. The summed E-state index contributed by atoms with van der Waals surface area (Å²) in [5.74, 6) is 0.685. The molecule has 1 saturated carbocycles. The predicted octanol–water partition coefficient (Wildman–Crippen LogP) is 3.39. The second-order valence-electron chi connectivity index (χ2n) is 8.68. The molecule has 6 rings (SSSR count). The Morgan fingerprint density at radius 3 is 2.69 bits per heavy atom. The summed E-state index contributed by atoms with van der Waals surface area (Å²) in [4.78, 5) is 16.3. The van der Waals surface area contributed by atoms with E-state index < -0.39 is 0 Å². The van der Waals surface area contributed by atoms with Crippen LogP contribution in [-0.4, -0.2) is 67.9 Å². The fourth-order valence-electron chi connectivity index (χ4n) is 5.00. The fourth-order valence-corrected chi connectivity index (χ4v) is 5.00. The number of rotatable bonds is 4. The maximum absolute atomic E-state index is 5.50. The number of hydrogen-bond acceptors (Lipinski definition) is 7. The number of fused-ring (bicyclic) bond motifs is 2. The van der Waals surface area contributed by atoms with E-state index in [0.29, 0.717) is 18.0 Å². The van der Waals surface area contributed by atoms with E-state index in [-0.39, 0.29) is 0 Å². The monoisotopic (exact) mass is 429 g/mol. The Morgan fingerprint density at radius 2 is 1.81 bits per heavy atom. The summed E-state index contributed by atoms with van der Waals surface area (Å²) in [6.07, 6.45) is 10.4. The molecule has 1 aliphatic heterocycles. The van der Waals surface area contributed by atoms with Crippen molar-refractivity contribution >= 4 is 22.5 Å². The number of morpholine rings is 1. The Balaban J connectivity index is 1.16. The third-order valence-corrected chi connectivity index (χ3v) is 6.74. The molecular weight excluding hydrogens is 402 g/mol. The lowest BCUT2D eigenvalue weighted by molar-refractivity contribution is 0.00790. The average Bonchev–Trinajstić information content (AvgIpc) is 3.28. The zero-order valence-electron chi connectivity index (χ0n) is 18.0. The van der Waals surface area contributed by atoms with Crippen LogP contribution in [0.2, 0.25) is 0 Å². The smallest absolute Gasteiger partial charge is 0.241 e. The lowest BCUT2D eigenvalue weighted by Gasteiger charge is -2.38. The van der Waals surface area contributed by atoms with Crippen LogP contribution in [0.1, 0.15) is 25.7 Å². The molecule has 1 aliphatic carbocycles. The lowest BCUT2D eigenvalue weighted by Crippen LogP contribution is -2.46. The van der Waals surface area contributed by atoms with Gasteiger partial charge in [0.15, 0.2) is 0 Å². The number of aromatic nitrogens is 5. The molecule has 0 unspecified atom stereocenters. The van der Waals surface area contributed by atoms with Gasteiger partial charge in [0, 0.05) is 43.1 Å². The van der Waals surface area contributed by atoms with E-state index in [0.717, 1.165) is 67.0 Å². The summed E-state index contributed by atoms with van der Waals surface area (Å²) in [6.45, 7) is 3.88. The lowest BCUT2D eigenvalue weighted by atomic mass is 9.90. The van der Waals surface area contributed by atoms with Crippen LogP contribution < -0.4 is 5.32 Å². The molecule has 0 bridgehead atoms. The molecule has 4 aromatic heterocycles. The molecule has 164 valence electrons. The number of hydrogen-bond donors (Lipinski definition) is 1. The Labute approximate surface area is 186 Å². The highest BCUT2D eigenvalue weighted by molar-refractivity contribution is 5.83. The maximum Gasteiger partial charge on any atom is 0.241 e. The van der Waals surface area contributed by atoms with Crippen LogP contribution in [0.4, 0.5) is 5.95 Å². The van der Waals surface area contributed by atoms with E-state index in [2.05, 4.69) is 20.2 Å². The number of ether oxygens (including phenoxy) is 1. The van der Waals surface area contributed by atoms with Crippen molar-refractivity contribution in [3.63, 3.8) is 0 Å². The van der Waals surface area contributed by atoms with Crippen LogP contribution in [0.3, 0.4) is 0 Å². The van der Waals surface area contributed by atoms with Crippen molar-refractivity contribution in [3.05, 3.63) is 48.9 Å². The first-order valence-corrected chi connectivity index (χ1v) is 11.5. The van der Waals surface area contributed by atoms with E-state index in [9.17, 15) is 0 Å². The predicted molar refractivity (Wildman–Crippen MR) is 124 cm³/mol. The van der Waals surface area contributed by atoms with Crippen molar-refractivity contribution in [2.24, 2.45) is 0 Å². The molecule has 2 fully saturated rings. The molecule has 0 atom stereocenters. The van der Waals surface area contributed by atoms with Gasteiger partial charge in [0.2, 0.25) is 5.95 Å². The third-order valence-electron chi connectivity index (χ3n) is 6.74. The van der Waals surface area contributed by atoms with Gasteiger partial charge < -0.3 is 10.1 Å². The average molecular weight is 430 g/mol. The Bertz CT molecular complexity index is 1230. The van der Waals surface area contributed by atoms with Crippen LogP contribution in [-0.2, 0) is 4.74 Å². The van der Waals surface area contributed by atoms with Crippen LogP contribution in [0, 0.1) is 0 Å². The van der Waals surface area contributed by atoms with Crippen molar-refractivity contribution < 1.29 is 4.74 Å². The van der Waals surface area contributed by atoms with Gasteiger partial charge in [-0.2, -0.15) is 0 Å². The number of pyridine rings is 2. The summed E-state index contributed by atoms with van der Waals surface area (Å²) in [6, 6.07) is 11.1. The van der Waals surface area contributed by atoms with Crippen molar-refractivity contribution in [2.75, 3.05) is 31.6 Å². The zero-order chi connectivity index (χ0) is 21.3. The highest BCUT2D eigenvalue weighted by atomic mass is 16.5. The highest BCUT2D eigenvalue weighted by Gasteiger charge is 2.27. The van der Waals surface area contributed by atoms with Gasteiger partial charge >= 0.3 is 0 Å². The van der Waals surface area contributed by atoms with Crippen LogP contribution in [0.5, 0.6) is 0 Å². The van der Waals surface area contributed by atoms with E-state index in [1.807, 2.05) is 47.2 Å². The second-order valence-corrected chi connectivity index (χ2v) is 8.68. The van der Waals surface area contributed by atoms with Crippen molar-refractivity contribution in [2.45, 2.75) is 37.8 Å². The number of nitrogens with zero attached hydrogens (tertiary/aromatic N) is 6. The topological polar surface area (TPSA) is 80.5 Å². The molecule has 32 heavy (non-hydrogen) atoms. The first-order chi connectivity index (χ1) is 15.8. The first kappa shape index (κ1) is 19.6. The molecule has 1 N–H and O–H groups in total. The van der Waals surface area contributed by atoms with Gasteiger partial charge in [-0.05, 0) is 56.0 Å². The summed E-state index contributed by atoms with van der Waals surface area (Å²) < 4.78 is 7.38. The SMILES string of the molecule is c1cnc2ccc(-c3ccn4nc(NC5CCC(N6CCOCC6)CC5)ncc34)nc2c1. The van der Waals surface area contributed by atoms with Crippen LogP contribution in [0.15, 0.2) is 48.9 Å². The minimum atomic E-state index is 0.425. The minimum Gasteiger partial charge on any atom is -0.379 e. The Hall–Kier alpha value is -3.10. The van der Waals surface area contributed by atoms with Gasteiger partial charge in [-0.15, -0.1) is 5.10 Å². The van der Waals surface area contributed by atoms with Gasteiger partial charge in [-0.25, -0.2) is 14.5 Å². The largest absolute Gasteiger partial charge is 0.379 e. The quantitative estimate of drug-likeness (QED) is 0.533. The zero-order valence-corrected chi connectivity index (χ0v) is 18.0. The van der Waals surface area contributed by atoms with E-state index in [1.54, 1.807) is 6.20 Å². The van der Waals surface area contributed by atoms with E-state index in [1.165, 1.54) is 12.8 Å². The minimum absolute atomic E-state index is 0.425. The third kappa shape index (κ3) is 3.80. The van der Waals surface area contributed by atoms with Crippen molar-refractivity contribution in [1.29, 1.82) is 0 Å². The van der Waals surface area contributed by atoms with Crippen LogP contribution >= 0.6 is 0 Å². The van der Waals surface area contributed by atoms with Crippen LogP contribution in [0.25, 0.3) is 27.8 Å². The maximum atomic E-state index is 5.50. The Kier molecular flexibility index (Phi) is 5.16. The van der Waals surface area contributed by atoms with E-state index >= 15 is 0 Å². The fraction of sp³-hybridized carbons (Fsp3) is 0.417. The number of anilines is 1. The molecule has 0 amide bonds. The summed E-state index contributed by atoms with van der Waals surface area (Å²) in [7, 11) is 0. The molecule has 5 heterocycles. The van der Waals surface area contributed by atoms with E-state index in [4.69, 9.17) is 14.8 Å². The van der Waals surface area contributed by atoms with Gasteiger partial charge in [-0.3, -0.25) is 9.88 Å². The number of nitrogens with one attached hydrogen (secondary N) is 1. The summed E-state index contributed by atoms with van der Waals surface area (Å²) in [5.41, 5.74) is 4.65. The first-order valence-electron chi connectivity index (χ1n) is 11.5. The molecule has 0 radical (unpaired) electrons. The molecular formula is C24H27N7O. The molecule has 1 saturated heterocycles. The molecule has 8 heteroatoms. The molecule has 0 spiro atoms. The Morgan fingerprint density at radius 1 is 0.938 bits per heavy atom.